The third kappa shape index (κ3) is 3.48. The van der Waals surface area contributed by atoms with Gasteiger partial charge in [-0.15, -0.1) is 0 Å². The van der Waals surface area contributed by atoms with Crippen LogP contribution < -0.4 is 0 Å². The normalized spacial score (nSPS) is 11.2. The van der Waals surface area contributed by atoms with Gasteiger partial charge in [0.25, 0.3) is 0 Å². The van der Waals surface area contributed by atoms with E-state index in [9.17, 15) is 4.79 Å². The molecule has 0 spiro atoms. The molecule has 0 bridgehead atoms. The molecular formula is C12H12BrClO3. The average Bonchev–Trinajstić information content (AvgIpc) is 2.35. The molecule has 0 aliphatic carbocycles. The van der Waals surface area contributed by atoms with Crippen molar-refractivity contribution in [1.29, 1.82) is 0 Å². The number of alkyl halides is 1. The first-order valence-corrected chi connectivity index (χ1v) is 6.30. The second kappa shape index (κ2) is 6.67. The van der Waals surface area contributed by atoms with Gasteiger partial charge in [0.15, 0.2) is 0 Å². The van der Waals surface area contributed by atoms with Crippen LogP contribution in [-0.4, -0.2) is 20.2 Å². The monoisotopic (exact) mass is 318 g/mol. The smallest absolute Gasteiger partial charge is 0.341 e. The number of methoxy groups -OCH3 is 2. The van der Waals surface area contributed by atoms with Gasteiger partial charge in [0.1, 0.15) is 5.57 Å². The molecule has 0 atom stereocenters. The van der Waals surface area contributed by atoms with Gasteiger partial charge in [0.2, 0.25) is 0 Å². The molecule has 17 heavy (non-hydrogen) atoms. The van der Waals surface area contributed by atoms with Gasteiger partial charge in [-0.25, -0.2) is 4.79 Å². The van der Waals surface area contributed by atoms with Gasteiger partial charge >= 0.3 is 5.97 Å². The quantitative estimate of drug-likeness (QED) is 0.369. The second-order valence-corrected chi connectivity index (χ2v) is 4.19. The Morgan fingerprint density at radius 1 is 1.47 bits per heavy atom. The van der Waals surface area contributed by atoms with Crippen LogP contribution in [0.1, 0.15) is 11.1 Å². The highest BCUT2D eigenvalue weighted by atomic mass is 79.9. The molecule has 5 heteroatoms. The molecule has 92 valence electrons. The summed E-state index contributed by atoms with van der Waals surface area (Å²) < 4.78 is 9.61. The fraction of sp³-hybridized carbons (Fsp3) is 0.250. The summed E-state index contributed by atoms with van der Waals surface area (Å²) in [4.78, 5) is 11.6. The first-order valence-electron chi connectivity index (χ1n) is 4.80. The lowest BCUT2D eigenvalue weighted by atomic mass is 10.0. The van der Waals surface area contributed by atoms with Crippen LogP contribution in [0.15, 0.2) is 24.5 Å². The minimum Gasteiger partial charge on any atom is -0.503 e. The lowest BCUT2D eigenvalue weighted by Gasteiger charge is -2.10. The molecule has 0 aromatic heterocycles. The van der Waals surface area contributed by atoms with Gasteiger partial charge in [-0.1, -0.05) is 33.6 Å². The highest BCUT2D eigenvalue weighted by molar-refractivity contribution is 9.08. The Bertz CT molecular complexity index is 443. The SMILES string of the molecule is CO/C=C(/C(=O)OC)c1ccc(Cl)cc1CBr. The van der Waals surface area contributed by atoms with Crippen LogP contribution in [0, 0.1) is 0 Å². The van der Waals surface area contributed by atoms with Crippen molar-refractivity contribution in [2.24, 2.45) is 0 Å². The fourth-order valence-corrected chi connectivity index (χ4v) is 2.04. The van der Waals surface area contributed by atoms with Gasteiger partial charge < -0.3 is 9.47 Å². The Hall–Kier alpha value is -1.000. The highest BCUT2D eigenvalue weighted by Gasteiger charge is 2.16. The molecule has 0 saturated heterocycles. The molecule has 1 rings (SSSR count). The fourth-order valence-electron chi connectivity index (χ4n) is 1.38. The molecule has 0 unspecified atom stereocenters. The van der Waals surface area contributed by atoms with Gasteiger partial charge in [0, 0.05) is 10.4 Å². The van der Waals surface area contributed by atoms with Crippen molar-refractivity contribution >= 4 is 39.1 Å². The van der Waals surface area contributed by atoms with E-state index in [2.05, 4.69) is 15.9 Å². The maximum atomic E-state index is 11.6. The van der Waals surface area contributed by atoms with Crippen LogP contribution in [0.25, 0.3) is 5.57 Å². The van der Waals surface area contributed by atoms with Crippen LogP contribution in [-0.2, 0) is 19.6 Å². The molecule has 0 saturated carbocycles. The third-order valence-electron chi connectivity index (χ3n) is 2.14. The van der Waals surface area contributed by atoms with Crippen LogP contribution in [0.5, 0.6) is 0 Å². The van der Waals surface area contributed by atoms with Crippen LogP contribution in [0.2, 0.25) is 5.02 Å². The highest BCUT2D eigenvalue weighted by Crippen LogP contribution is 2.25. The largest absolute Gasteiger partial charge is 0.503 e. The number of carbonyl (C=O) groups is 1. The lowest BCUT2D eigenvalue weighted by Crippen LogP contribution is -2.06. The van der Waals surface area contributed by atoms with Gasteiger partial charge in [-0.2, -0.15) is 0 Å². The predicted molar refractivity (Wildman–Crippen MR) is 71.1 cm³/mol. The summed E-state index contributed by atoms with van der Waals surface area (Å²) in [5.74, 6) is -0.448. The zero-order valence-corrected chi connectivity index (χ0v) is 11.8. The molecule has 0 heterocycles. The van der Waals surface area contributed by atoms with Crippen molar-refractivity contribution in [3.63, 3.8) is 0 Å². The summed E-state index contributed by atoms with van der Waals surface area (Å²) in [7, 11) is 2.81. The standard InChI is InChI=1S/C12H12BrClO3/c1-16-7-11(12(15)17-2)10-4-3-9(14)5-8(10)6-13/h3-5,7H,6H2,1-2H3/b11-7+. The Morgan fingerprint density at radius 3 is 2.71 bits per heavy atom. The summed E-state index contributed by atoms with van der Waals surface area (Å²) >= 11 is 9.26. The molecule has 0 fully saturated rings. The minimum absolute atomic E-state index is 0.362. The van der Waals surface area contributed by atoms with Crippen molar-refractivity contribution in [3.05, 3.63) is 40.6 Å². The number of rotatable bonds is 4. The van der Waals surface area contributed by atoms with Crippen LogP contribution in [0.3, 0.4) is 0 Å². The number of hydrogen-bond acceptors (Lipinski definition) is 3. The summed E-state index contributed by atoms with van der Waals surface area (Å²) in [6.07, 6.45) is 1.36. The van der Waals surface area contributed by atoms with Crippen LogP contribution >= 0.6 is 27.5 Å². The zero-order chi connectivity index (χ0) is 12.8. The Kier molecular flexibility index (Phi) is 5.51. The molecule has 0 N–H and O–H groups in total. The number of esters is 1. The molecule has 0 aliphatic rings. The first-order chi connectivity index (χ1) is 8.13. The van der Waals surface area contributed by atoms with E-state index >= 15 is 0 Å². The van der Waals surface area contributed by atoms with Crippen molar-refractivity contribution in [1.82, 2.24) is 0 Å². The molecule has 1 aromatic carbocycles. The van der Waals surface area contributed by atoms with E-state index in [1.165, 1.54) is 20.5 Å². The maximum Gasteiger partial charge on any atom is 0.341 e. The maximum absolute atomic E-state index is 11.6. The van der Waals surface area contributed by atoms with E-state index in [1.54, 1.807) is 18.2 Å². The van der Waals surface area contributed by atoms with E-state index in [-0.39, 0.29) is 0 Å². The minimum atomic E-state index is -0.448. The number of benzene rings is 1. The molecule has 0 radical (unpaired) electrons. The summed E-state index contributed by atoms with van der Waals surface area (Å²) in [6, 6.07) is 5.27. The zero-order valence-electron chi connectivity index (χ0n) is 9.50. The van der Waals surface area contributed by atoms with E-state index < -0.39 is 5.97 Å². The van der Waals surface area contributed by atoms with Gasteiger partial charge in [-0.05, 0) is 23.3 Å². The van der Waals surface area contributed by atoms with Crippen molar-refractivity contribution in [2.45, 2.75) is 5.33 Å². The van der Waals surface area contributed by atoms with E-state index in [0.29, 0.717) is 15.9 Å². The van der Waals surface area contributed by atoms with Crippen molar-refractivity contribution in [2.75, 3.05) is 14.2 Å². The lowest BCUT2D eigenvalue weighted by molar-refractivity contribution is -0.133. The predicted octanol–water partition coefficient (Wildman–Crippen LogP) is 3.40. The molecule has 3 nitrogen and oxygen atoms in total. The number of hydrogen-bond donors (Lipinski definition) is 0. The van der Waals surface area contributed by atoms with E-state index in [0.717, 1.165) is 11.1 Å². The average molecular weight is 320 g/mol. The third-order valence-corrected chi connectivity index (χ3v) is 2.98. The topological polar surface area (TPSA) is 35.5 Å². The van der Waals surface area contributed by atoms with E-state index in [1.807, 2.05) is 0 Å². The number of halogens is 2. The first kappa shape index (κ1) is 14.1. The summed E-state index contributed by atoms with van der Waals surface area (Å²) in [5.41, 5.74) is 1.99. The number of carbonyl (C=O) groups excluding carboxylic acids is 1. The van der Waals surface area contributed by atoms with Crippen molar-refractivity contribution < 1.29 is 14.3 Å². The van der Waals surface area contributed by atoms with Gasteiger partial charge in [0.05, 0.1) is 20.5 Å². The second-order valence-electron chi connectivity index (χ2n) is 3.19. The van der Waals surface area contributed by atoms with Gasteiger partial charge in [-0.3, -0.25) is 0 Å². The van der Waals surface area contributed by atoms with E-state index in [4.69, 9.17) is 21.1 Å². The number of ether oxygens (including phenoxy) is 2. The van der Waals surface area contributed by atoms with Crippen molar-refractivity contribution in [3.8, 4) is 0 Å². The molecule has 0 amide bonds. The molecule has 0 aliphatic heterocycles. The summed E-state index contributed by atoms with van der Waals surface area (Å²) in [5, 5.41) is 1.20. The Labute approximate surface area is 113 Å². The molecular weight excluding hydrogens is 307 g/mol. The molecule has 1 aromatic rings. The Morgan fingerprint density at radius 2 is 2.18 bits per heavy atom. The Balaban J connectivity index is 3.28. The summed E-state index contributed by atoms with van der Waals surface area (Å²) in [6.45, 7) is 0. The van der Waals surface area contributed by atoms with Crippen LogP contribution in [0.4, 0.5) is 0 Å².